The lowest BCUT2D eigenvalue weighted by Gasteiger charge is -2.26. The zero-order valence-corrected chi connectivity index (χ0v) is 18.9. The van der Waals surface area contributed by atoms with Crippen LogP contribution < -0.4 is 15.9 Å². The molecule has 7 heteroatoms. The third-order valence-corrected chi connectivity index (χ3v) is 6.50. The van der Waals surface area contributed by atoms with E-state index in [0.29, 0.717) is 29.8 Å². The minimum Gasteiger partial charge on any atom is -0.508 e. The zero-order chi connectivity index (χ0) is 24.0. The smallest absolute Gasteiger partial charge is 0.312 e. The van der Waals surface area contributed by atoms with Crippen LogP contribution in [0.15, 0.2) is 64.2 Å². The van der Waals surface area contributed by atoms with Gasteiger partial charge >= 0.3 is 5.97 Å². The fraction of sp³-hybridized carbons (Fsp3) is 0.222. The van der Waals surface area contributed by atoms with Crippen molar-refractivity contribution >= 4 is 16.9 Å². The average Bonchev–Trinajstić information content (AvgIpc) is 2.79. The van der Waals surface area contributed by atoms with Gasteiger partial charge in [-0.25, -0.2) is 0 Å². The standard InChI is InChI=1S/C27H24N2O5/c1-15-4-3-5-18-13-21(26(32)28-25(15)18)20-14-23(31)34-22-12-16(2)29(27(33)24(20)22)11-10-17-6-8-19(30)9-7-17/h3-9,12-13,20,30H,10-11,14H2,1-2H3,(H,28,32)/t20-/m0/s1. The number of hydrogen-bond donors (Lipinski definition) is 2. The number of para-hydroxylation sites is 1. The minimum absolute atomic E-state index is 0.0797. The van der Waals surface area contributed by atoms with Gasteiger partial charge in [0.25, 0.3) is 11.1 Å². The Hall–Kier alpha value is -4.13. The lowest BCUT2D eigenvalue weighted by molar-refractivity contribution is -0.135. The summed E-state index contributed by atoms with van der Waals surface area (Å²) in [5, 5.41) is 10.3. The number of H-pyrrole nitrogens is 1. The Kier molecular flexibility index (Phi) is 5.32. The summed E-state index contributed by atoms with van der Waals surface area (Å²) in [4.78, 5) is 42.1. The summed E-state index contributed by atoms with van der Waals surface area (Å²) in [6.45, 7) is 4.12. The second-order valence-electron chi connectivity index (χ2n) is 8.76. The number of benzene rings is 2. The number of fused-ring (bicyclic) bond motifs is 2. The van der Waals surface area contributed by atoms with Crippen molar-refractivity contribution in [1.82, 2.24) is 9.55 Å². The van der Waals surface area contributed by atoms with Gasteiger partial charge in [0.05, 0.1) is 17.5 Å². The van der Waals surface area contributed by atoms with Crippen LogP contribution in [0, 0.1) is 13.8 Å². The number of carbonyl (C=O) groups is 1. The van der Waals surface area contributed by atoms with Crippen LogP contribution in [0.3, 0.4) is 0 Å². The number of carbonyl (C=O) groups excluding carboxylic acids is 1. The molecule has 2 aromatic carbocycles. The van der Waals surface area contributed by atoms with Gasteiger partial charge < -0.3 is 19.4 Å². The number of aryl methyl sites for hydroxylation is 3. The molecule has 1 aliphatic heterocycles. The van der Waals surface area contributed by atoms with Gasteiger partial charge in [-0.05, 0) is 55.0 Å². The fourth-order valence-electron chi connectivity index (χ4n) is 4.70. The molecule has 1 atom stereocenters. The molecular formula is C27H24N2O5. The van der Waals surface area contributed by atoms with Crippen molar-refractivity contribution in [3.8, 4) is 11.5 Å². The fourth-order valence-corrected chi connectivity index (χ4v) is 4.70. The van der Waals surface area contributed by atoms with Gasteiger partial charge in [-0.2, -0.15) is 0 Å². The Morgan fingerprint density at radius 2 is 1.82 bits per heavy atom. The Balaban J connectivity index is 1.61. The summed E-state index contributed by atoms with van der Waals surface area (Å²) in [5.41, 5.74) is 3.44. The summed E-state index contributed by atoms with van der Waals surface area (Å²) < 4.78 is 7.08. The number of phenols is 1. The molecule has 5 rings (SSSR count). The molecule has 2 aromatic heterocycles. The highest BCUT2D eigenvalue weighted by atomic mass is 16.5. The number of phenolic OH excluding ortho intramolecular Hbond substituents is 1. The molecule has 2 N–H and O–H groups in total. The lowest BCUT2D eigenvalue weighted by atomic mass is 9.87. The Labute approximate surface area is 195 Å². The maximum absolute atomic E-state index is 13.6. The molecule has 7 nitrogen and oxygen atoms in total. The van der Waals surface area contributed by atoms with Gasteiger partial charge in [0.2, 0.25) is 0 Å². The van der Waals surface area contributed by atoms with Crippen LogP contribution in [0.2, 0.25) is 0 Å². The molecule has 0 bridgehead atoms. The largest absolute Gasteiger partial charge is 0.508 e. The van der Waals surface area contributed by atoms with E-state index in [1.807, 2.05) is 37.3 Å². The molecule has 0 radical (unpaired) electrons. The molecule has 0 amide bonds. The van der Waals surface area contributed by atoms with E-state index in [2.05, 4.69) is 4.98 Å². The van der Waals surface area contributed by atoms with Gasteiger partial charge in [0, 0.05) is 29.8 Å². The number of aromatic amines is 1. The number of nitrogens with zero attached hydrogens (tertiary/aromatic N) is 1. The number of rotatable bonds is 4. The van der Waals surface area contributed by atoms with E-state index >= 15 is 0 Å². The van der Waals surface area contributed by atoms with E-state index < -0.39 is 11.9 Å². The number of esters is 1. The van der Waals surface area contributed by atoms with Gasteiger partial charge in [-0.15, -0.1) is 0 Å². The first-order valence-corrected chi connectivity index (χ1v) is 11.2. The van der Waals surface area contributed by atoms with Crippen LogP contribution in [-0.4, -0.2) is 20.6 Å². The molecule has 34 heavy (non-hydrogen) atoms. The van der Waals surface area contributed by atoms with Crippen molar-refractivity contribution in [2.24, 2.45) is 0 Å². The number of pyridine rings is 2. The number of ether oxygens (including phenoxy) is 1. The molecule has 1 aliphatic rings. The van der Waals surface area contributed by atoms with Crippen LogP contribution in [0.25, 0.3) is 10.9 Å². The number of aromatic nitrogens is 2. The van der Waals surface area contributed by atoms with Crippen molar-refractivity contribution in [3.05, 3.63) is 103 Å². The molecule has 172 valence electrons. The van der Waals surface area contributed by atoms with Crippen molar-refractivity contribution in [2.75, 3.05) is 0 Å². The second-order valence-corrected chi connectivity index (χ2v) is 8.76. The Morgan fingerprint density at radius 3 is 2.59 bits per heavy atom. The van der Waals surface area contributed by atoms with E-state index in [1.165, 1.54) is 0 Å². The van der Waals surface area contributed by atoms with Gasteiger partial charge in [0.1, 0.15) is 11.5 Å². The predicted octanol–water partition coefficient (Wildman–Crippen LogP) is 3.70. The molecule has 0 unspecified atom stereocenters. The Morgan fingerprint density at radius 1 is 1.06 bits per heavy atom. The molecule has 4 aromatic rings. The third-order valence-electron chi connectivity index (χ3n) is 6.50. The zero-order valence-electron chi connectivity index (χ0n) is 18.9. The normalized spacial score (nSPS) is 15.2. The van der Waals surface area contributed by atoms with E-state index in [4.69, 9.17) is 4.74 Å². The van der Waals surface area contributed by atoms with Gasteiger partial charge in [-0.3, -0.25) is 14.4 Å². The van der Waals surface area contributed by atoms with E-state index in [9.17, 15) is 19.5 Å². The minimum atomic E-state index is -0.696. The van der Waals surface area contributed by atoms with E-state index in [1.54, 1.807) is 35.8 Å². The van der Waals surface area contributed by atoms with Crippen LogP contribution in [0.4, 0.5) is 0 Å². The van der Waals surface area contributed by atoms with Crippen LogP contribution in [0.5, 0.6) is 11.5 Å². The van der Waals surface area contributed by atoms with Gasteiger partial charge in [0.15, 0.2) is 0 Å². The third kappa shape index (κ3) is 3.79. The van der Waals surface area contributed by atoms with Crippen molar-refractivity contribution in [2.45, 2.75) is 39.2 Å². The highest BCUT2D eigenvalue weighted by Crippen LogP contribution is 2.36. The summed E-state index contributed by atoms with van der Waals surface area (Å²) in [6.07, 6.45) is 0.504. The predicted molar refractivity (Wildman–Crippen MR) is 129 cm³/mol. The number of aromatic hydroxyl groups is 1. The molecule has 3 heterocycles. The first kappa shape index (κ1) is 21.7. The van der Waals surface area contributed by atoms with E-state index in [0.717, 1.165) is 22.0 Å². The topological polar surface area (TPSA) is 101 Å². The molecule has 0 saturated heterocycles. The SMILES string of the molecule is Cc1cccc2cc([C@@H]3CC(=O)Oc4cc(C)n(CCc5ccc(O)cc5)c(=O)c43)c(=O)[nH]c12. The maximum atomic E-state index is 13.6. The number of hydrogen-bond acceptors (Lipinski definition) is 5. The molecular weight excluding hydrogens is 432 g/mol. The molecule has 0 spiro atoms. The first-order chi connectivity index (χ1) is 16.3. The van der Waals surface area contributed by atoms with Crippen molar-refractivity contribution in [3.63, 3.8) is 0 Å². The van der Waals surface area contributed by atoms with Crippen LogP contribution >= 0.6 is 0 Å². The summed E-state index contributed by atoms with van der Waals surface area (Å²) in [6, 6.07) is 16.0. The lowest BCUT2D eigenvalue weighted by Crippen LogP contribution is -2.35. The first-order valence-electron chi connectivity index (χ1n) is 11.2. The van der Waals surface area contributed by atoms with Crippen LogP contribution in [-0.2, 0) is 17.8 Å². The average molecular weight is 456 g/mol. The van der Waals surface area contributed by atoms with Gasteiger partial charge in [-0.1, -0.05) is 30.3 Å². The second kappa shape index (κ2) is 8.33. The highest BCUT2D eigenvalue weighted by molar-refractivity contribution is 5.83. The van der Waals surface area contributed by atoms with Crippen LogP contribution in [0.1, 0.15) is 40.3 Å². The van der Waals surface area contributed by atoms with Crippen molar-refractivity contribution in [1.29, 1.82) is 0 Å². The summed E-state index contributed by atoms with van der Waals surface area (Å²) in [7, 11) is 0. The number of nitrogens with one attached hydrogen (secondary N) is 1. The maximum Gasteiger partial charge on any atom is 0.312 e. The molecule has 0 saturated carbocycles. The quantitative estimate of drug-likeness (QED) is 0.456. The summed E-state index contributed by atoms with van der Waals surface area (Å²) in [5.74, 6) is -0.764. The van der Waals surface area contributed by atoms with E-state index in [-0.39, 0.29) is 29.0 Å². The molecule has 0 aliphatic carbocycles. The molecule has 0 fully saturated rings. The Bertz CT molecular complexity index is 1550. The highest BCUT2D eigenvalue weighted by Gasteiger charge is 2.34. The summed E-state index contributed by atoms with van der Waals surface area (Å²) >= 11 is 0. The monoisotopic (exact) mass is 456 g/mol. The van der Waals surface area contributed by atoms with Crippen molar-refractivity contribution < 1.29 is 14.6 Å².